The number of para-hydroxylation sites is 1. The lowest BCUT2D eigenvalue weighted by atomic mass is 9.85. The molecule has 0 bridgehead atoms. The molecule has 0 aliphatic carbocycles. The van der Waals surface area contributed by atoms with E-state index in [9.17, 15) is 9.59 Å². The summed E-state index contributed by atoms with van der Waals surface area (Å²) in [6.07, 6.45) is 1.37. The minimum atomic E-state index is -0.505. The highest BCUT2D eigenvalue weighted by atomic mass is 16.2. The molecule has 1 aromatic carbocycles. The summed E-state index contributed by atoms with van der Waals surface area (Å²) in [5, 5.41) is 2.98. The Balaban J connectivity index is 1.80. The molecule has 0 atom stereocenters. The topological polar surface area (TPSA) is 52.7 Å². The van der Waals surface area contributed by atoms with Crippen molar-refractivity contribution in [3.8, 4) is 0 Å². The third-order valence-electron chi connectivity index (χ3n) is 4.80. The second kappa shape index (κ2) is 5.63. The molecule has 2 amide bonds. The second-order valence-electron chi connectivity index (χ2n) is 6.44. The lowest BCUT2D eigenvalue weighted by molar-refractivity contribution is -0.138. The van der Waals surface area contributed by atoms with Gasteiger partial charge in [0.15, 0.2) is 0 Å². The smallest absolute Gasteiger partial charge is 0.247 e. The van der Waals surface area contributed by atoms with E-state index in [0.29, 0.717) is 32.6 Å². The summed E-state index contributed by atoms with van der Waals surface area (Å²) in [5.41, 5.74) is 0.555. The minimum Gasteiger partial charge on any atom is -0.342 e. The summed E-state index contributed by atoms with van der Waals surface area (Å²) >= 11 is 0. The Bertz CT molecular complexity index is 563. The molecule has 0 radical (unpaired) electrons. The van der Waals surface area contributed by atoms with Gasteiger partial charge in [0.2, 0.25) is 11.8 Å². The minimum absolute atomic E-state index is 0.0108. The van der Waals surface area contributed by atoms with E-state index in [4.69, 9.17) is 0 Å². The fourth-order valence-corrected chi connectivity index (χ4v) is 3.49. The van der Waals surface area contributed by atoms with E-state index >= 15 is 0 Å². The van der Waals surface area contributed by atoms with Gasteiger partial charge in [0.1, 0.15) is 5.54 Å². The van der Waals surface area contributed by atoms with E-state index < -0.39 is 5.54 Å². The highest BCUT2D eigenvalue weighted by molar-refractivity contribution is 5.93. The van der Waals surface area contributed by atoms with Gasteiger partial charge in [-0.05, 0) is 25.0 Å². The molecule has 1 aromatic rings. The van der Waals surface area contributed by atoms with Crippen LogP contribution in [0.3, 0.4) is 0 Å². The fourth-order valence-electron chi connectivity index (χ4n) is 3.49. The average Bonchev–Trinajstić information content (AvgIpc) is 2.85. The third kappa shape index (κ3) is 2.34. The van der Waals surface area contributed by atoms with Gasteiger partial charge in [0.25, 0.3) is 0 Å². The van der Waals surface area contributed by atoms with Crippen LogP contribution in [0.15, 0.2) is 30.3 Å². The number of nitrogens with one attached hydrogen (secondary N) is 1. The molecule has 2 aliphatic rings. The molecule has 2 aliphatic heterocycles. The molecule has 2 heterocycles. The Kier molecular flexibility index (Phi) is 3.81. The molecule has 5 nitrogen and oxygen atoms in total. The van der Waals surface area contributed by atoms with Crippen LogP contribution in [0, 0.1) is 5.92 Å². The maximum absolute atomic E-state index is 12.5. The van der Waals surface area contributed by atoms with Crippen LogP contribution in [0.1, 0.15) is 26.7 Å². The zero-order valence-corrected chi connectivity index (χ0v) is 13.2. The van der Waals surface area contributed by atoms with Crippen molar-refractivity contribution in [1.29, 1.82) is 0 Å². The molecular weight excluding hydrogens is 278 g/mol. The van der Waals surface area contributed by atoms with E-state index in [1.165, 1.54) is 0 Å². The van der Waals surface area contributed by atoms with Gasteiger partial charge in [-0.3, -0.25) is 9.59 Å². The molecule has 1 N–H and O–H groups in total. The summed E-state index contributed by atoms with van der Waals surface area (Å²) in [7, 11) is 0. The lowest BCUT2D eigenvalue weighted by Crippen LogP contribution is -2.57. The van der Waals surface area contributed by atoms with Gasteiger partial charge in [0, 0.05) is 24.7 Å². The van der Waals surface area contributed by atoms with Crippen molar-refractivity contribution in [2.24, 2.45) is 5.92 Å². The molecule has 5 heteroatoms. The number of benzene rings is 1. The standard InChI is InChI=1S/C17H23N3O2/c1-13(2)15(21)19-10-8-17(9-11-19)16(22)18-12-20(17)14-6-4-3-5-7-14/h3-7,13H,8-12H2,1-2H3,(H,18,22). The monoisotopic (exact) mass is 301 g/mol. The van der Waals surface area contributed by atoms with Gasteiger partial charge < -0.3 is 15.1 Å². The van der Waals surface area contributed by atoms with Gasteiger partial charge in [-0.2, -0.15) is 0 Å². The maximum atomic E-state index is 12.5. The molecular formula is C17H23N3O2. The normalized spacial score (nSPS) is 20.6. The number of nitrogens with zero attached hydrogens (tertiary/aromatic N) is 2. The molecule has 1 spiro atoms. The predicted octanol–water partition coefficient (Wildman–Crippen LogP) is 1.60. The second-order valence-corrected chi connectivity index (χ2v) is 6.44. The number of piperidine rings is 1. The van der Waals surface area contributed by atoms with Crippen LogP contribution in [0.4, 0.5) is 5.69 Å². The lowest BCUT2D eigenvalue weighted by Gasteiger charge is -2.43. The summed E-state index contributed by atoms with van der Waals surface area (Å²) in [6.45, 7) is 5.68. The molecule has 22 heavy (non-hydrogen) atoms. The fraction of sp³-hybridized carbons (Fsp3) is 0.529. The summed E-state index contributed by atoms with van der Waals surface area (Å²) in [6, 6.07) is 10.0. The van der Waals surface area contributed by atoms with Crippen LogP contribution >= 0.6 is 0 Å². The van der Waals surface area contributed by atoms with Crippen LogP contribution in [0.25, 0.3) is 0 Å². The van der Waals surface area contributed by atoms with Crippen molar-refractivity contribution in [2.45, 2.75) is 32.2 Å². The molecule has 2 saturated heterocycles. The molecule has 3 rings (SSSR count). The van der Waals surface area contributed by atoms with Gasteiger partial charge in [-0.1, -0.05) is 32.0 Å². The molecule has 118 valence electrons. The van der Waals surface area contributed by atoms with Crippen LogP contribution < -0.4 is 10.2 Å². The van der Waals surface area contributed by atoms with E-state index in [1.807, 2.05) is 49.1 Å². The Morgan fingerprint density at radius 2 is 1.82 bits per heavy atom. The number of carbonyl (C=O) groups excluding carboxylic acids is 2. The number of hydrogen-bond acceptors (Lipinski definition) is 3. The van der Waals surface area contributed by atoms with Crippen molar-refractivity contribution in [1.82, 2.24) is 10.2 Å². The summed E-state index contributed by atoms with van der Waals surface area (Å²) in [4.78, 5) is 28.7. The largest absolute Gasteiger partial charge is 0.342 e. The first-order valence-corrected chi connectivity index (χ1v) is 7.94. The predicted molar refractivity (Wildman–Crippen MR) is 85.3 cm³/mol. The number of anilines is 1. The first-order chi connectivity index (χ1) is 10.5. The number of rotatable bonds is 2. The number of hydrogen-bond donors (Lipinski definition) is 1. The SMILES string of the molecule is CC(C)C(=O)N1CCC2(CC1)C(=O)NCN2c1ccccc1. The summed E-state index contributed by atoms with van der Waals surface area (Å²) < 4.78 is 0. The number of amides is 2. The van der Waals surface area contributed by atoms with Crippen molar-refractivity contribution in [3.63, 3.8) is 0 Å². The molecule has 0 saturated carbocycles. The zero-order valence-electron chi connectivity index (χ0n) is 13.2. The van der Waals surface area contributed by atoms with Crippen LogP contribution in [-0.4, -0.2) is 42.0 Å². The third-order valence-corrected chi connectivity index (χ3v) is 4.80. The number of likely N-dealkylation sites (tertiary alicyclic amines) is 1. The van der Waals surface area contributed by atoms with E-state index in [0.717, 1.165) is 5.69 Å². The van der Waals surface area contributed by atoms with Crippen molar-refractivity contribution in [2.75, 3.05) is 24.7 Å². The van der Waals surface area contributed by atoms with E-state index in [2.05, 4.69) is 10.2 Å². The van der Waals surface area contributed by atoms with E-state index in [-0.39, 0.29) is 17.7 Å². The Morgan fingerprint density at radius 3 is 2.41 bits per heavy atom. The molecule has 0 aromatic heterocycles. The first kappa shape index (κ1) is 14.9. The van der Waals surface area contributed by atoms with Crippen LogP contribution in [0.5, 0.6) is 0 Å². The van der Waals surface area contributed by atoms with Gasteiger partial charge in [-0.15, -0.1) is 0 Å². The number of carbonyl (C=O) groups is 2. The van der Waals surface area contributed by atoms with Crippen LogP contribution in [-0.2, 0) is 9.59 Å². The van der Waals surface area contributed by atoms with E-state index in [1.54, 1.807) is 0 Å². The quantitative estimate of drug-likeness (QED) is 0.902. The zero-order chi connectivity index (χ0) is 15.7. The Hall–Kier alpha value is -2.04. The molecule has 2 fully saturated rings. The van der Waals surface area contributed by atoms with Gasteiger partial charge in [-0.25, -0.2) is 0 Å². The van der Waals surface area contributed by atoms with Gasteiger partial charge >= 0.3 is 0 Å². The Labute approximate surface area is 131 Å². The highest BCUT2D eigenvalue weighted by Crippen LogP contribution is 2.36. The van der Waals surface area contributed by atoms with Gasteiger partial charge in [0.05, 0.1) is 6.67 Å². The van der Waals surface area contributed by atoms with Crippen molar-refractivity contribution >= 4 is 17.5 Å². The van der Waals surface area contributed by atoms with Crippen molar-refractivity contribution in [3.05, 3.63) is 30.3 Å². The average molecular weight is 301 g/mol. The first-order valence-electron chi connectivity index (χ1n) is 7.94. The molecule has 0 unspecified atom stereocenters. The maximum Gasteiger partial charge on any atom is 0.247 e. The van der Waals surface area contributed by atoms with Crippen molar-refractivity contribution < 1.29 is 9.59 Å². The van der Waals surface area contributed by atoms with Crippen LogP contribution in [0.2, 0.25) is 0 Å². The highest BCUT2D eigenvalue weighted by Gasteiger charge is 2.50. The Morgan fingerprint density at radius 1 is 1.18 bits per heavy atom. The summed E-state index contributed by atoms with van der Waals surface area (Å²) in [5.74, 6) is 0.282.